The van der Waals surface area contributed by atoms with Gasteiger partial charge in [0.1, 0.15) is 11.5 Å². The zero-order valence-electron chi connectivity index (χ0n) is 11.2. The Balaban J connectivity index is 2.18. The number of piperidine rings is 1. The van der Waals surface area contributed by atoms with Crippen LogP contribution in [0.4, 0.5) is 0 Å². The quantitative estimate of drug-likeness (QED) is 0.884. The second-order valence-corrected chi connectivity index (χ2v) is 4.82. The summed E-state index contributed by atoms with van der Waals surface area (Å²) in [7, 11) is 1.69. The Morgan fingerprint density at radius 1 is 1.44 bits per heavy atom. The lowest BCUT2D eigenvalue weighted by atomic mass is 9.90. The van der Waals surface area contributed by atoms with Gasteiger partial charge >= 0.3 is 0 Å². The first-order valence-corrected chi connectivity index (χ1v) is 6.63. The van der Waals surface area contributed by atoms with Crippen molar-refractivity contribution >= 4 is 5.78 Å². The maximum atomic E-state index is 11.9. The Morgan fingerprint density at radius 2 is 2.28 bits per heavy atom. The SMILES string of the molecule is CCc1ccc(OC)c(CC2CNCCC2=O)c1. The molecule has 0 radical (unpaired) electrons. The van der Waals surface area contributed by atoms with Crippen LogP contribution in [-0.2, 0) is 17.6 Å². The fourth-order valence-corrected chi connectivity index (χ4v) is 2.47. The third-order valence-electron chi connectivity index (χ3n) is 3.61. The normalized spacial score (nSPS) is 19.9. The van der Waals surface area contributed by atoms with Crippen molar-refractivity contribution < 1.29 is 9.53 Å². The van der Waals surface area contributed by atoms with Gasteiger partial charge in [-0.1, -0.05) is 19.1 Å². The van der Waals surface area contributed by atoms with E-state index in [1.54, 1.807) is 7.11 Å². The van der Waals surface area contributed by atoms with E-state index in [9.17, 15) is 4.79 Å². The number of ketones is 1. The smallest absolute Gasteiger partial charge is 0.138 e. The average Bonchev–Trinajstić information content (AvgIpc) is 2.41. The molecule has 98 valence electrons. The van der Waals surface area contributed by atoms with Crippen LogP contribution in [0, 0.1) is 5.92 Å². The second kappa shape index (κ2) is 6.01. The monoisotopic (exact) mass is 247 g/mol. The molecule has 3 nitrogen and oxygen atoms in total. The van der Waals surface area contributed by atoms with Crippen LogP contribution in [0.15, 0.2) is 18.2 Å². The van der Waals surface area contributed by atoms with Crippen molar-refractivity contribution in [2.75, 3.05) is 20.2 Å². The number of carbonyl (C=O) groups excluding carboxylic acids is 1. The maximum absolute atomic E-state index is 11.9. The zero-order chi connectivity index (χ0) is 13.0. The molecule has 18 heavy (non-hydrogen) atoms. The molecule has 1 aromatic rings. The largest absolute Gasteiger partial charge is 0.496 e. The molecule has 3 heteroatoms. The third-order valence-corrected chi connectivity index (χ3v) is 3.61. The van der Waals surface area contributed by atoms with Gasteiger partial charge in [0.15, 0.2) is 0 Å². The zero-order valence-corrected chi connectivity index (χ0v) is 11.2. The van der Waals surface area contributed by atoms with Crippen LogP contribution >= 0.6 is 0 Å². The van der Waals surface area contributed by atoms with Gasteiger partial charge in [0.25, 0.3) is 0 Å². The summed E-state index contributed by atoms with van der Waals surface area (Å²) in [5.74, 6) is 1.36. The van der Waals surface area contributed by atoms with E-state index in [-0.39, 0.29) is 5.92 Å². The summed E-state index contributed by atoms with van der Waals surface area (Å²) in [5, 5.41) is 3.29. The van der Waals surface area contributed by atoms with E-state index in [1.165, 1.54) is 5.56 Å². The minimum absolute atomic E-state index is 0.0970. The van der Waals surface area contributed by atoms with E-state index in [0.29, 0.717) is 12.2 Å². The summed E-state index contributed by atoms with van der Waals surface area (Å²) in [4.78, 5) is 11.9. The van der Waals surface area contributed by atoms with Gasteiger partial charge < -0.3 is 10.1 Å². The fourth-order valence-electron chi connectivity index (χ4n) is 2.47. The average molecular weight is 247 g/mol. The Labute approximate surface area is 109 Å². The Bertz CT molecular complexity index is 429. The molecule has 1 N–H and O–H groups in total. The molecular weight excluding hydrogens is 226 g/mol. The van der Waals surface area contributed by atoms with Gasteiger partial charge in [0.05, 0.1) is 7.11 Å². The molecule has 2 rings (SSSR count). The molecule has 1 unspecified atom stereocenters. The van der Waals surface area contributed by atoms with Crippen LogP contribution in [0.3, 0.4) is 0 Å². The van der Waals surface area contributed by atoms with E-state index < -0.39 is 0 Å². The molecule has 0 aliphatic carbocycles. The summed E-state index contributed by atoms with van der Waals surface area (Å²) in [5.41, 5.74) is 2.45. The molecule has 0 saturated carbocycles. The summed E-state index contributed by atoms with van der Waals surface area (Å²) >= 11 is 0. The second-order valence-electron chi connectivity index (χ2n) is 4.82. The summed E-state index contributed by atoms with van der Waals surface area (Å²) < 4.78 is 5.39. The van der Waals surface area contributed by atoms with E-state index in [1.807, 2.05) is 6.07 Å². The predicted molar refractivity (Wildman–Crippen MR) is 72.1 cm³/mol. The molecule has 1 aliphatic rings. The first kappa shape index (κ1) is 13.1. The van der Waals surface area contributed by atoms with Crippen molar-refractivity contribution in [1.82, 2.24) is 5.32 Å². The summed E-state index contributed by atoms with van der Waals surface area (Å²) in [6, 6.07) is 6.26. The molecule has 0 spiro atoms. The van der Waals surface area contributed by atoms with E-state index >= 15 is 0 Å². The van der Waals surface area contributed by atoms with Crippen molar-refractivity contribution in [3.63, 3.8) is 0 Å². The van der Waals surface area contributed by atoms with E-state index in [0.717, 1.165) is 37.2 Å². The predicted octanol–water partition coefficient (Wildman–Crippen LogP) is 1.98. The van der Waals surface area contributed by atoms with Crippen molar-refractivity contribution in [2.45, 2.75) is 26.2 Å². The maximum Gasteiger partial charge on any atom is 0.138 e. The van der Waals surface area contributed by atoms with Crippen molar-refractivity contribution in [3.05, 3.63) is 29.3 Å². The summed E-state index contributed by atoms with van der Waals surface area (Å²) in [6.45, 7) is 3.75. The van der Waals surface area contributed by atoms with Gasteiger partial charge in [0, 0.05) is 25.4 Å². The number of benzene rings is 1. The molecule has 0 amide bonds. The highest BCUT2D eigenvalue weighted by Gasteiger charge is 2.23. The molecule has 0 bridgehead atoms. The van der Waals surface area contributed by atoms with Crippen LogP contribution in [0.1, 0.15) is 24.5 Å². The van der Waals surface area contributed by atoms with E-state index in [2.05, 4.69) is 24.4 Å². The van der Waals surface area contributed by atoms with Gasteiger partial charge in [-0.2, -0.15) is 0 Å². The van der Waals surface area contributed by atoms with Crippen LogP contribution in [0.5, 0.6) is 5.75 Å². The molecule has 1 saturated heterocycles. The molecule has 1 heterocycles. The lowest BCUT2D eigenvalue weighted by molar-refractivity contribution is -0.123. The third kappa shape index (κ3) is 2.91. The number of hydrogen-bond acceptors (Lipinski definition) is 3. The van der Waals surface area contributed by atoms with Gasteiger partial charge in [-0.25, -0.2) is 0 Å². The number of rotatable bonds is 4. The highest BCUT2D eigenvalue weighted by atomic mass is 16.5. The number of carbonyl (C=O) groups is 1. The van der Waals surface area contributed by atoms with Crippen LogP contribution in [0.2, 0.25) is 0 Å². The molecule has 1 aromatic carbocycles. The van der Waals surface area contributed by atoms with Crippen LogP contribution in [0.25, 0.3) is 0 Å². The lowest BCUT2D eigenvalue weighted by Crippen LogP contribution is -2.38. The number of Topliss-reactive ketones (excluding diaryl/α,β-unsaturated/α-hetero) is 1. The minimum atomic E-state index is 0.0970. The highest BCUT2D eigenvalue weighted by molar-refractivity contribution is 5.82. The number of hydrogen-bond donors (Lipinski definition) is 1. The number of nitrogens with one attached hydrogen (secondary N) is 1. The van der Waals surface area contributed by atoms with Gasteiger partial charge in [-0.05, 0) is 30.0 Å². The van der Waals surface area contributed by atoms with Crippen molar-refractivity contribution in [3.8, 4) is 5.75 Å². The lowest BCUT2D eigenvalue weighted by Gasteiger charge is -2.22. The first-order chi connectivity index (χ1) is 8.74. The Morgan fingerprint density at radius 3 is 2.94 bits per heavy atom. The molecule has 1 aliphatic heterocycles. The fraction of sp³-hybridized carbons (Fsp3) is 0.533. The Hall–Kier alpha value is -1.35. The Kier molecular flexibility index (Phi) is 4.37. The van der Waals surface area contributed by atoms with E-state index in [4.69, 9.17) is 4.74 Å². The van der Waals surface area contributed by atoms with Crippen molar-refractivity contribution in [2.24, 2.45) is 5.92 Å². The van der Waals surface area contributed by atoms with Gasteiger partial charge in [0.2, 0.25) is 0 Å². The molecule has 1 atom stereocenters. The van der Waals surface area contributed by atoms with Crippen LogP contribution < -0.4 is 10.1 Å². The molecule has 0 aromatic heterocycles. The number of aryl methyl sites for hydroxylation is 1. The highest BCUT2D eigenvalue weighted by Crippen LogP contribution is 2.24. The molecular formula is C15H21NO2. The summed E-state index contributed by atoms with van der Waals surface area (Å²) in [6.07, 6.45) is 2.44. The van der Waals surface area contributed by atoms with Crippen molar-refractivity contribution in [1.29, 1.82) is 0 Å². The van der Waals surface area contributed by atoms with Crippen LogP contribution in [-0.4, -0.2) is 26.0 Å². The topological polar surface area (TPSA) is 38.3 Å². The molecule has 1 fully saturated rings. The first-order valence-electron chi connectivity index (χ1n) is 6.63. The standard InChI is InChI=1S/C15H21NO2/c1-3-11-4-5-15(18-2)12(8-11)9-13-10-16-7-6-14(13)17/h4-5,8,13,16H,3,6-7,9-10H2,1-2H3. The van der Waals surface area contributed by atoms with Gasteiger partial charge in [-0.3, -0.25) is 4.79 Å². The van der Waals surface area contributed by atoms with Gasteiger partial charge in [-0.15, -0.1) is 0 Å². The number of ether oxygens (including phenoxy) is 1. The minimum Gasteiger partial charge on any atom is -0.496 e. The number of methoxy groups -OCH3 is 1.